The van der Waals surface area contributed by atoms with Gasteiger partial charge in [0.25, 0.3) is 0 Å². The van der Waals surface area contributed by atoms with E-state index in [0.717, 1.165) is 35.5 Å². The summed E-state index contributed by atoms with van der Waals surface area (Å²) in [6.45, 7) is 4.82. The highest BCUT2D eigenvalue weighted by molar-refractivity contribution is 5.97. The molecule has 52 heavy (non-hydrogen) atoms. The largest absolute Gasteiger partial charge is 0.310 e. The minimum absolute atomic E-state index is 0.0917. The van der Waals surface area contributed by atoms with Crippen molar-refractivity contribution in [1.29, 1.82) is 0 Å². The normalized spacial score (nSPS) is 26.2. The molecule has 11 rings (SSSR count). The fourth-order valence-electron chi connectivity index (χ4n) is 12.0. The van der Waals surface area contributed by atoms with Gasteiger partial charge in [-0.3, -0.25) is 0 Å². The van der Waals surface area contributed by atoms with Crippen molar-refractivity contribution in [2.24, 2.45) is 23.7 Å². The lowest BCUT2D eigenvalue weighted by Crippen LogP contribution is -2.17. The van der Waals surface area contributed by atoms with E-state index in [1.165, 1.54) is 113 Å². The van der Waals surface area contributed by atoms with Gasteiger partial charge in [-0.2, -0.15) is 0 Å². The van der Waals surface area contributed by atoms with Crippen molar-refractivity contribution in [2.75, 3.05) is 4.90 Å². The number of benzene rings is 6. The van der Waals surface area contributed by atoms with Crippen molar-refractivity contribution < 1.29 is 0 Å². The van der Waals surface area contributed by atoms with E-state index in [1.807, 2.05) is 0 Å². The van der Waals surface area contributed by atoms with E-state index in [4.69, 9.17) is 0 Å². The molecular weight excluding hydrogens is 627 g/mol. The summed E-state index contributed by atoms with van der Waals surface area (Å²) in [6.07, 6.45) is 11.4. The standard InChI is InChI=1S/C51H49N/c1-51(2)48-10-6-5-9-43(48)47-30-46(40-16-15-34-7-3-4-8-37(34)29-40)50(31-49(47)51)52(41-21-17-35(18-22-41)44-27-32-11-13-38(44)25-32)42-23-19-36(20-24-42)45-28-33-12-14-39(45)26-33/h3-10,15-24,29-33,38-39,44-45H,11-14,25-28H2,1-2H3. The van der Waals surface area contributed by atoms with Crippen LogP contribution in [-0.2, 0) is 5.41 Å². The SMILES string of the molecule is CC1(C)c2ccccc2-c2cc(-c3ccc4ccccc4c3)c(N(c3ccc(C4CC5CCC4C5)cc3)c3ccc(C4CC5CCC4C5)cc3)cc21. The number of nitrogens with zero attached hydrogens (tertiary/aromatic N) is 1. The summed E-state index contributed by atoms with van der Waals surface area (Å²) >= 11 is 0. The molecule has 1 heteroatoms. The average molecular weight is 676 g/mol. The van der Waals surface area contributed by atoms with E-state index in [2.05, 4.69) is 146 Å². The van der Waals surface area contributed by atoms with Gasteiger partial charge in [0.2, 0.25) is 0 Å². The Balaban J connectivity index is 1.10. The van der Waals surface area contributed by atoms with E-state index in [-0.39, 0.29) is 5.41 Å². The number of anilines is 3. The fourth-order valence-corrected chi connectivity index (χ4v) is 12.0. The van der Waals surface area contributed by atoms with Crippen LogP contribution in [0.25, 0.3) is 33.0 Å². The molecule has 0 heterocycles. The van der Waals surface area contributed by atoms with Gasteiger partial charge >= 0.3 is 0 Å². The molecule has 0 aromatic heterocycles. The second-order valence-corrected chi connectivity index (χ2v) is 17.7. The van der Waals surface area contributed by atoms with Crippen molar-refractivity contribution in [3.63, 3.8) is 0 Å². The third-order valence-corrected chi connectivity index (χ3v) is 14.6. The summed E-state index contributed by atoms with van der Waals surface area (Å²) < 4.78 is 0. The zero-order valence-electron chi connectivity index (χ0n) is 30.7. The van der Waals surface area contributed by atoms with Gasteiger partial charge in [0, 0.05) is 22.4 Å². The second kappa shape index (κ2) is 11.7. The predicted octanol–water partition coefficient (Wildman–Crippen LogP) is 14.1. The molecule has 0 radical (unpaired) electrons. The molecular formula is C51H49N. The molecule has 6 unspecified atom stereocenters. The third-order valence-electron chi connectivity index (χ3n) is 14.6. The lowest BCUT2D eigenvalue weighted by Gasteiger charge is -2.31. The Bertz CT molecular complexity index is 2260. The monoisotopic (exact) mass is 675 g/mol. The molecule has 6 aromatic carbocycles. The Labute approximate surface area is 309 Å². The lowest BCUT2D eigenvalue weighted by atomic mass is 9.81. The smallest absolute Gasteiger partial charge is 0.0543 e. The molecule has 258 valence electrons. The fraction of sp³-hybridized carbons (Fsp3) is 0.333. The maximum Gasteiger partial charge on any atom is 0.0543 e. The molecule has 0 N–H and O–H groups in total. The Kier molecular flexibility index (Phi) is 6.96. The quantitative estimate of drug-likeness (QED) is 0.170. The first-order chi connectivity index (χ1) is 25.5. The summed E-state index contributed by atoms with van der Waals surface area (Å²) in [5.41, 5.74) is 14.9. The predicted molar refractivity (Wildman–Crippen MR) is 218 cm³/mol. The summed E-state index contributed by atoms with van der Waals surface area (Å²) in [6, 6.07) is 49.6. The highest BCUT2D eigenvalue weighted by Crippen LogP contribution is 2.56. The van der Waals surface area contributed by atoms with Crippen LogP contribution in [0, 0.1) is 23.7 Å². The molecule has 6 aromatic rings. The molecule has 0 spiro atoms. The zero-order chi connectivity index (χ0) is 34.6. The summed E-state index contributed by atoms with van der Waals surface area (Å²) in [5, 5.41) is 2.56. The molecule has 0 aliphatic heterocycles. The minimum Gasteiger partial charge on any atom is -0.310 e. The number of fused-ring (bicyclic) bond motifs is 8. The first-order valence-corrected chi connectivity index (χ1v) is 20.3. The molecule has 4 bridgehead atoms. The summed E-state index contributed by atoms with van der Waals surface area (Å²) in [4.78, 5) is 2.58. The molecule has 4 fully saturated rings. The van der Waals surface area contributed by atoms with Crippen LogP contribution >= 0.6 is 0 Å². The van der Waals surface area contributed by atoms with Crippen LogP contribution in [0.5, 0.6) is 0 Å². The number of rotatable bonds is 6. The average Bonchev–Trinajstić information content (AvgIpc) is 4.04. The first kappa shape index (κ1) is 31.0. The van der Waals surface area contributed by atoms with Crippen LogP contribution in [0.2, 0.25) is 0 Å². The van der Waals surface area contributed by atoms with Gasteiger partial charge in [-0.05, 0) is 166 Å². The Hall–Kier alpha value is -4.62. The van der Waals surface area contributed by atoms with Crippen LogP contribution in [-0.4, -0.2) is 0 Å². The number of hydrogen-bond donors (Lipinski definition) is 0. The molecule has 6 atom stereocenters. The summed E-state index contributed by atoms with van der Waals surface area (Å²) in [7, 11) is 0. The van der Waals surface area contributed by atoms with Crippen LogP contribution < -0.4 is 4.90 Å². The molecule has 1 nitrogen and oxygen atoms in total. The van der Waals surface area contributed by atoms with Gasteiger partial charge in [0.1, 0.15) is 0 Å². The van der Waals surface area contributed by atoms with Gasteiger partial charge in [-0.1, -0.05) is 112 Å². The highest BCUT2D eigenvalue weighted by atomic mass is 15.1. The van der Waals surface area contributed by atoms with Gasteiger partial charge in [-0.15, -0.1) is 0 Å². The van der Waals surface area contributed by atoms with E-state index in [1.54, 1.807) is 11.1 Å². The minimum atomic E-state index is -0.0917. The van der Waals surface area contributed by atoms with Gasteiger partial charge in [-0.25, -0.2) is 0 Å². The molecule has 0 amide bonds. The van der Waals surface area contributed by atoms with Crippen molar-refractivity contribution in [3.8, 4) is 22.3 Å². The van der Waals surface area contributed by atoms with Gasteiger partial charge in [0.05, 0.1) is 5.69 Å². The van der Waals surface area contributed by atoms with Crippen LogP contribution in [0.15, 0.2) is 127 Å². The van der Waals surface area contributed by atoms with Crippen molar-refractivity contribution in [3.05, 3.63) is 150 Å². The van der Waals surface area contributed by atoms with Crippen molar-refractivity contribution in [1.82, 2.24) is 0 Å². The maximum absolute atomic E-state index is 2.58. The van der Waals surface area contributed by atoms with Gasteiger partial charge < -0.3 is 4.90 Å². The van der Waals surface area contributed by atoms with Gasteiger partial charge in [0.15, 0.2) is 0 Å². The zero-order valence-corrected chi connectivity index (χ0v) is 30.7. The van der Waals surface area contributed by atoms with Crippen molar-refractivity contribution >= 4 is 27.8 Å². The van der Waals surface area contributed by atoms with E-state index < -0.39 is 0 Å². The lowest BCUT2D eigenvalue weighted by molar-refractivity contribution is 0.420. The molecule has 4 saturated carbocycles. The molecule has 5 aliphatic carbocycles. The topological polar surface area (TPSA) is 3.24 Å². The highest BCUT2D eigenvalue weighted by Gasteiger charge is 2.42. The Morgan fingerprint density at radius 3 is 1.67 bits per heavy atom. The first-order valence-electron chi connectivity index (χ1n) is 20.3. The van der Waals surface area contributed by atoms with E-state index in [9.17, 15) is 0 Å². The Morgan fingerprint density at radius 1 is 0.481 bits per heavy atom. The van der Waals surface area contributed by atoms with Crippen LogP contribution in [0.4, 0.5) is 17.1 Å². The molecule has 0 saturated heterocycles. The second-order valence-electron chi connectivity index (χ2n) is 17.7. The third kappa shape index (κ3) is 4.81. The summed E-state index contributed by atoms with van der Waals surface area (Å²) in [5.74, 6) is 5.12. The van der Waals surface area contributed by atoms with Crippen molar-refractivity contribution in [2.45, 2.75) is 82.5 Å². The maximum atomic E-state index is 2.58. The van der Waals surface area contributed by atoms with Crippen LogP contribution in [0.1, 0.15) is 99.3 Å². The molecule has 5 aliphatic rings. The van der Waals surface area contributed by atoms with Crippen LogP contribution in [0.3, 0.4) is 0 Å². The Morgan fingerprint density at radius 2 is 1.08 bits per heavy atom. The number of hydrogen-bond acceptors (Lipinski definition) is 1. The van der Waals surface area contributed by atoms with E-state index >= 15 is 0 Å². The van der Waals surface area contributed by atoms with E-state index in [0.29, 0.717) is 0 Å².